The Hall–Kier alpha value is -2.64. The van der Waals surface area contributed by atoms with Crippen LogP contribution in [0.25, 0.3) is 0 Å². The summed E-state index contributed by atoms with van der Waals surface area (Å²) in [6, 6.07) is 0. The average Bonchev–Trinajstić information content (AvgIpc) is 2.34. The molecule has 2 rings (SSSR count). The van der Waals surface area contributed by atoms with Gasteiger partial charge in [0.25, 0.3) is 21.7 Å². The minimum absolute atomic E-state index is 0.824. The third-order valence-electron chi connectivity index (χ3n) is 1.72. The standard InChI is InChI=1S/2C4H2O4/c2*5-1-2(6)4(8)3(1)7/h2*5-6H. The first-order chi connectivity index (χ1) is 7.29. The van der Waals surface area contributed by atoms with E-state index in [9.17, 15) is 19.2 Å². The van der Waals surface area contributed by atoms with E-state index >= 15 is 0 Å². The highest BCUT2D eigenvalue weighted by molar-refractivity contribution is 5.43. The van der Waals surface area contributed by atoms with Crippen LogP contribution in [0.1, 0.15) is 0 Å². The first kappa shape index (κ1) is 11.4. The molecule has 0 radical (unpaired) electrons. The van der Waals surface area contributed by atoms with E-state index in [0.717, 1.165) is 0 Å². The van der Waals surface area contributed by atoms with Gasteiger partial charge in [-0.15, -0.1) is 0 Å². The molecule has 0 atom stereocenters. The molecule has 8 heteroatoms. The van der Waals surface area contributed by atoms with E-state index in [0.29, 0.717) is 0 Å². The molecule has 0 heterocycles. The molecule has 0 saturated heterocycles. The van der Waals surface area contributed by atoms with Crippen LogP contribution < -0.4 is 21.7 Å². The van der Waals surface area contributed by atoms with Gasteiger partial charge in [-0.05, 0) is 0 Å². The number of aromatic hydroxyl groups is 4. The van der Waals surface area contributed by atoms with E-state index in [1.165, 1.54) is 0 Å². The zero-order chi connectivity index (χ0) is 12.6. The van der Waals surface area contributed by atoms with E-state index in [-0.39, 0.29) is 0 Å². The summed E-state index contributed by atoms with van der Waals surface area (Å²) in [4.78, 5) is 39.8. The quantitative estimate of drug-likeness (QED) is 0.358. The second kappa shape index (κ2) is 3.50. The highest BCUT2D eigenvalue weighted by Gasteiger charge is 2.18. The van der Waals surface area contributed by atoms with Crippen molar-refractivity contribution in [3.8, 4) is 23.0 Å². The van der Waals surface area contributed by atoms with Gasteiger partial charge in [0.2, 0.25) is 23.0 Å². The summed E-state index contributed by atoms with van der Waals surface area (Å²) >= 11 is 0. The van der Waals surface area contributed by atoms with Crippen LogP contribution in [0.4, 0.5) is 0 Å². The monoisotopic (exact) mass is 228 g/mol. The summed E-state index contributed by atoms with van der Waals surface area (Å²) in [6.07, 6.45) is 0. The molecule has 84 valence electrons. The second-order valence-corrected chi connectivity index (χ2v) is 2.71. The van der Waals surface area contributed by atoms with Gasteiger partial charge in [-0.3, -0.25) is 19.2 Å². The Morgan fingerprint density at radius 2 is 0.562 bits per heavy atom. The highest BCUT2D eigenvalue weighted by Crippen LogP contribution is 2.14. The molecule has 0 aliphatic heterocycles. The lowest BCUT2D eigenvalue weighted by Crippen LogP contribution is -2.28. The smallest absolute Gasteiger partial charge is 0.275 e. The molecular weight excluding hydrogens is 224 g/mol. The minimum Gasteiger partial charge on any atom is -0.501 e. The first-order valence-corrected chi connectivity index (χ1v) is 3.71. The van der Waals surface area contributed by atoms with E-state index in [1.807, 2.05) is 0 Å². The molecule has 2 aromatic carbocycles. The zero-order valence-electron chi connectivity index (χ0n) is 7.42. The summed E-state index contributed by atoms with van der Waals surface area (Å²) < 4.78 is 0. The molecule has 0 aliphatic rings. The lowest BCUT2D eigenvalue weighted by atomic mass is 10.2. The van der Waals surface area contributed by atoms with Crippen molar-refractivity contribution in [1.82, 2.24) is 0 Å². The maximum atomic E-state index is 9.95. The summed E-state index contributed by atoms with van der Waals surface area (Å²) in [6.45, 7) is 0. The van der Waals surface area contributed by atoms with Gasteiger partial charge in [0.1, 0.15) is 0 Å². The summed E-state index contributed by atoms with van der Waals surface area (Å²) in [5.74, 6) is -3.30. The van der Waals surface area contributed by atoms with Crippen LogP contribution in [0.2, 0.25) is 0 Å². The van der Waals surface area contributed by atoms with Gasteiger partial charge >= 0.3 is 0 Å². The number of hydrogen-bond donors (Lipinski definition) is 4. The van der Waals surface area contributed by atoms with E-state index < -0.39 is 44.7 Å². The Morgan fingerprint density at radius 1 is 0.438 bits per heavy atom. The van der Waals surface area contributed by atoms with Crippen LogP contribution in [0, 0.1) is 0 Å². The summed E-state index contributed by atoms with van der Waals surface area (Å²) in [5.41, 5.74) is -4.05. The second-order valence-electron chi connectivity index (χ2n) is 2.71. The molecular formula is C8H4O8. The zero-order valence-corrected chi connectivity index (χ0v) is 7.42. The largest absolute Gasteiger partial charge is 0.501 e. The lowest BCUT2D eigenvalue weighted by Gasteiger charge is -1.92. The van der Waals surface area contributed by atoms with Crippen molar-refractivity contribution in [3.05, 3.63) is 40.9 Å². The maximum Gasteiger partial charge on any atom is 0.275 e. The highest BCUT2D eigenvalue weighted by atomic mass is 16.3. The molecule has 0 aromatic heterocycles. The van der Waals surface area contributed by atoms with Gasteiger partial charge in [-0.2, -0.15) is 0 Å². The SMILES string of the molecule is O=c1c(O)c(O)c1=O.O=c1c(O)c(O)c1=O. The van der Waals surface area contributed by atoms with Crippen LogP contribution in [0.15, 0.2) is 19.2 Å². The molecule has 16 heavy (non-hydrogen) atoms. The van der Waals surface area contributed by atoms with E-state index in [2.05, 4.69) is 0 Å². The number of hydrogen-bond acceptors (Lipinski definition) is 8. The molecule has 4 N–H and O–H groups in total. The molecule has 0 aliphatic carbocycles. The normalized spacial score (nSPS) is 10.0. The fraction of sp³-hybridized carbons (Fsp3) is 0. The predicted molar refractivity (Wildman–Crippen MR) is 49.4 cm³/mol. The summed E-state index contributed by atoms with van der Waals surface area (Å²) in [7, 11) is 0. The average molecular weight is 228 g/mol. The Labute approximate surface area is 85.3 Å². The maximum absolute atomic E-state index is 9.95. The Balaban J connectivity index is 0.000000160. The Bertz CT molecular complexity index is 557. The molecule has 0 unspecified atom stereocenters. The minimum atomic E-state index is -1.01. The molecule has 0 bridgehead atoms. The van der Waals surface area contributed by atoms with E-state index in [1.54, 1.807) is 0 Å². The third-order valence-corrected chi connectivity index (χ3v) is 1.72. The first-order valence-electron chi connectivity index (χ1n) is 3.71. The van der Waals surface area contributed by atoms with Crippen molar-refractivity contribution in [2.24, 2.45) is 0 Å². The molecule has 0 amide bonds. The van der Waals surface area contributed by atoms with Crippen LogP contribution in [0.3, 0.4) is 0 Å². The van der Waals surface area contributed by atoms with Crippen molar-refractivity contribution < 1.29 is 20.4 Å². The fourth-order valence-corrected chi connectivity index (χ4v) is 0.735. The van der Waals surface area contributed by atoms with Gasteiger partial charge < -0.3 is 20.4 Å². The van der Waals surface area contributed by atoms with Crippen LogP contribution >= 0.6 is 0 Å². The third kappa shape index (κ3) is 1.41. The molecule has 0 spiro atoms. The molecule has 0 saturated carbocycles. The molecule has 2 aromatic rings. The van der Waals surface area contributed by atoms with Crippen LogP contribution in [0.5, 0.6) is 23.0 Å². The van der Waals surface area contributed by atoms with E-state index in [4.69, 9.17) is 20.4 Å². The van der Waals surface area contributed by atoms with Gasteiger partial charge in [-0.25, -0.2) is 0 Å². The molecule has 8 nitrogen and oxygen atoms in total. The van der Waals surface area contributed by atoms with Crippen LogP contribution in [-0.2, 0) is 0 Å². The fourth-order valence-electron chi connectivity index (χ4n) is 0.735. The molecule has 0 fully saturated rings. The summed E-state index contributed by atoms with van der Waals surface area (Å²) in [5, 5.41) is 32.9. The van der Waals surface area contributed by atoms with Crippen molar-refractivity contribution >= 4 is 0 Å². The predicted octanol–water partition coefficient (Wildman–Crippen LogP) is -2.61. The van der Waals surface area contributed by atoms with Gasteiger partial charge in [0, 0.05) is 0 Å². The van der Waals surface area contributed by atoms with Gasteiger partial charge in [0.05, 0.1) is 0 Å². The van der Waals surface area contributed by atoms with Crippen molar-refractivity contribution in [2.45, 2.75) is 0 Å². The number of rotatable bonds is 0. The van der Waals surface area contributed by atoms with Gasteiger partial charge in [-0.1, -0.05) is 0 Å². The van der Waals surface area contributed by atoms with Crippen LogP contribution in [-0.4, -0.2) is 20.4 Å². The van der Waals surface area contributed by atoms with Crippen molar-refractivity contribution in [3.63, 3.8) is 0 Å². The van der Waals surface area contributed by atoms with Crippen molar-refractivity contribution in [1.29, 1.82) is 0 Å². The van der Waals surface area contributed by atoms with Crippen molar-refractivity contribution in [2.75, 3.05) is 0 Å². The Kier molecular flexibility index (Phi) is 2.50. The topological polar surface area (TPSA) is 149 Å². The van der Waals surface area contributed by atoms with Gasteiger partial charge in [0.15, 0.2) is 0 Å². The lowest BCUT2D eigenvalue weighted by molar-refractivity contribution is 0.384. The Morgan fingerprint density at radius 3 is 0.625 bits per heavy atom.